The van der Waals surface area contributed by atoms with Crippen molar-refractivity contribution >= 4 is 28.3 Å². The van der Waals surface area contributed by atoms with Gasteiger partial charge in [-0.2, -0.15) is 0 Å². The van der Waals surface area contributed by atoms with Gasteiger partial charge in [0.15, 0.2) is 0 Å². The number of non-ortho nitro benzene ring substituents is 1. The Morgan fingerprint density at radius 1 is 1.09 bits per heavy atom. The highest BCUT2D eigenvalue weighted by Gasteiger charge is 2.17. The number of carbonyl (C=O) groups is 1. The van der Waals surface area contributed by atoms with Gasteiger partial charge < -0.3 is 9.88 Å². The van der Waals surface area contributed by atoms with Crippen LogP contribution < -0.4 is 5.32 Å². The van der Waals surface area contributed by atoms with E-state index in [1.807, 2.05) is 18.2 Å². The standard InChI is InChI=1S/C25H31N5O3/c1-2-3-16-29-23-13-10-20(26-25(31)19-8-11-21(12-9-19)30(32)33)17-22(23)27-24(29)18-28-14-6-4-5-7-15-28/h8-13,17H,2-7,14-16,18H2,1H3,(H,26,31). The Hall–Kier alpha value is -3.26. The lowest BCUT2D eigenvalue weighted by Gasteiger charge is -2.20. The zero-order valence-corrected chi connectivity index (χ0v) is 19.1. The van der Waals surface area contributed by atoms with Crippen molar-refractivity contribution in [2.75, 3.05) is 18.4 Å². The Morgan fingerprint density at radius 2 is 1.82 bits per heavy atom. The molecule has 1 N–H and O–H groups in total. The topological polar surface area (TPSA) is 93.3 Å². The molecule has 1 aliphatic rings. The Bertz CT molecular complexity index is 1120. The molecule has 2 heterocycles. The Balaban J connectivity index is 1.55. The average Bonchev–Trinajstić information content (AvgIpc) is 2.96. The van der Waals surface area contributed by atoms with Gasteiger partial charge in [-0.25, -0.2) is 4.98 Å². The van der Waals surface area contributed by atoms with Gasteiger partial charge in [-0.15, -0.1) is 0 Å². The number of unbranched alkanes of at least 4 members (excludes halogenated alkanes) is 1. The fourth-order valence-corrected chi connectivity index (χ4v) is 4.38. The van der Waals surface area contributed by atoms with Gasteiger partial charge in [0.1, 0.15) is 5.82 Å². The molecule has 8 heteroatoms. The van der Waals surface area contributed by atoms with Crippen LogP contribution in [0.5, 0.6) is 0 Å². The number of nitrogens with zero attached hydrogens (tertiary/aromatic N) is 4. The van der Waals surface area contributed by atoms with Crippen molar-refractivity contribution in [2.24, 2.45) is 0 Å². The van der Waals surface area contributed by atoms with Crippen molar-refractivity contribution in [3.8, 4) is 0 Å². The zero-order chi connectivity index (χ0) is 23.2. The van der Waals surface area contributed by atoms with Gasteiger partial charge in [0.05, 0.1) is 22.5 Å². The summed E-state index contributed by atoms with van der Waals surface area (Å²) in [6.45, 7) is 6.22. The second kappa shape index (κ2) is 10.6. The average molecular weight is 450 g/mol. The zero-order valence-electron chi connectivity index (χ0n) is 19.1. The number of hydrogen-bond acceptors (Lipinski definition) is 5. The smallest absolute Gasteiger partial charge is 0.269 e. The summed E-state index contributed by atoms with van der Waals surface area (Å²) in [6.07, 6.45) is 7.31. The summed E-state index contributed by atoms with van der Waals surface area (Å²) >= 11 is 0. The van der Waals surface area contributed by atoms with E-state index in [1.54, 1.807) is 0 Å². The normalized spacial score (nSPS) is 14.8. The maximum Gasteiger partial charge on any atom is 0.269 e. The number of nitro benzene ring substituents is 1. The molecule has 0 spiro atoms. The predicted octanol–water partition coefficient (Wildman–Crippen LogP) is 5.37. The number of imidazole rings is 1. The first-order valence-electron chi connectivity index (χ1n) is 11.8. The summed E-state index contributed by atoms with van der Waals surface area (Å²) in [5, 5.41) is 13.7. The van der Waals surface area contributed by atoms with Crippen molar-refractivity contribution in [2.45, 2.75) is 58.5 Å². The number of amides is 1. The molecule has 1 aromatic heterocycles. The quantitative estimate of drug-likeness (QED) is 0.368. The molecule has 0 atom stereocenters. The number of hydrogen-bond donors (Lipinski definition) is 1. The van der Waals surface area contributed by atoms with Crippen LogP contribution in [0.25, 0.3) is 11.0 Å². The molecule has 1 saturated heterocycles. The summed E-state index contributed by atoms with van der Waals surface area (Å²) < 4.78 is 2.33. The van der Waals surface area contributed by atoms with Crippen LogP contribution in [0, 0.1) is 10.1 Å². The number of nitro groups is 1. The minimum Gasteiger partial charge on any atom is -0.327 e. The van der Waals surface area contributed by atoms with E-state index in [2.05, 4.69) is 21.7 Å². The first-order chi connectivity index (χ1) is 16.0. The van der Waals surface area contributed by atoms with E-state index >= 15 is 0 Å². The lowest BCUT2D eigenvalue weighted by atomic mass is 10.2. The molecule has 174 valence electrons. The highest BCUT2D eigenvalue weighted by Crippen LogP contribution is 2.24. The molecule has 0 bridgehead atoms. The van der Waals surface area contributed by atoms with Crippen molar-refractivity contribution in [3.63, 3.8) is 0 Å². The van der Waals surface area contributed by atoms with Gasteiger partial charge in [-0.1, -0.05) is 26.2 Å². The van der Waals surface area contributed by atoms with Crippen LogP contribution >= 0.6 is 0 Å². The molecule has 2 aromatic carbocycles. The van der Waals surface area contributed by atoms with Crippen molar-refractivity contribution < 1.29 is 9.72 Å². The molecule has 1 fully saturated rings. The number of aromatic nitrogens is 2. The Morgan fingerprint density at radius 3 is 2.48 bits per heavy atom. The van der Waals surface area contributed by atoms with Crippen molar-refractivity contribution in [1.29, 1.82) is 0 Å². The largest absolute Gasteiger partial charge is 0.327 e. The summed E-state index contributed by atoms with van der Waals surface area (Å²) in [5.41, 5.74) is 2.95. The van der Waals surface area contributed by atoms with Crippen molar-refractivity contribution in [3.05, 3.63) is 64.0 Å². The van der Waals surface area contributed by atoms with Gasteiger partial charge in [0.2, 0.25) is 0 Å². The number of likely N-dealkylation sites (tertiary alicyclic amines) is 1. The Kier molecular flexibility index (Phi) is 7.34. The van der Waals surface area contributed by atoms with Crippen molar-refractivity contribution in [1.82, 2.24) is 14.5 Å². The molecule has 8 nitrogen and oxygen atoms in total. The number of aryl methyl sites for hydroxylation is 1. The summed E-state index contributed by atoms with van der Waals surface area (Å²) in [4.78, 5) is 30.4. The minimum absolute atomic E-state index is 0.0393. The highest BCUT2D eigenvalue weighted by molar-refractivity contribution is 6.05. The summed E-state index contributed by atoms with van der Waals surface area (Å²) in [6, 6.07) is 11.4. The molecule has 33 heavy (non-hydrogen) atoms. The lowest BCUT2D eigenvalue weighted by molar-refractivity contribution is -0.384. The summed E-state index contributed by atoms with van der Waals surface area (Å²) in [7, 11) is 0. The molecule has 1 amide bonds. The van der Waals surface area contributed by atoms with E-state index in [-0.39, 0.29) is 11.6 Å². The molecular formula is C25H31N5O3. The number of benzene rings is 2. The van der Waals surface area contributed by atoms with Crippen LogP contribution in [0.1, 0.15) is 61.6 Å². The summed E-state index contributed by atoms with van der Waals surface area (Å²) in [5.74, 6) is 0.777. The fourth-order valence-electron chi connectivity index (χ4n) is 4.38. The number of carbonyl (C=O) groups excluding carboxylic acids is 1. The van der Waals surface area contributed by atoms with Crippen LogP contribution in [-0.2, 0) is 13.1 Å². The van der Waals surface area contributed by atoms with Gasteiger partial charge in [-0.05, 0) is 62.7 Å². The third-order valence-electron chi connectivity index (χ3n) is 6.22. The van der Waals surface area contributed by atoms with E-state index in [1.165, 1.54) is 49.9 Å². The third kappa shape index (κ3) is 5.57. The molecule has 4 rings (SSSR count). The molecular weight excluding hydrogens is 418 g/mol. The highest BCUT2D eigenvalue weighted by atomic mass is 16.6. The maximum absolute atomic E-state index is 12.6. The molecule has 0 radical (unpaired) electrons. The van der Waals surface area contributed by atoms with Gasteiger partial charge in [0.25, 0.3) is 11.6 Å². The second-order valence-electron chi connectivity index (χ2n) is 8.69. The van der Waals surface area contributed by atoms with E-state index in [0.29, 0.717) is 11.3 Å². The van der Waals surface area contributed by atoms with Crippen LogP contribution in [0.4, 0.5) is 11.4 Å². The molecule has 1 aliphatic heterocycles. The van der Waals surface area contributed by atoms with E-state index in [4.69, 9.17) is 4.98 Å². The van der Waals surface area contributed by atoms with E-state index < -0.39 is 4.92 Å². The lowest BCUT2D eigenvalue weighted by Crippen LogP contribution is -2.26. The van der Waals surface area contributed by atoms with Gasteiger partial charge in [-0.3, -0.25) is 19.8 Å². The molecule has 0 saturated carbocycles. The fraction of sp³-hybridized carbons (Fsp3) is 0.440. The number of fused-ring (bicyclic) bond motifs is 1. The SMILES string of the molecule is CCCCn1c(CN2CCCCCC2)nc2cc(NC(=O)c3ccc([N+](=O)[O-])cc3)ccc21. The monoisotopic (exact) mass is 449 g/mol. The van der Waals surface area contributed by atoms with Gasteiger partial charge >= 0.3 is 0 Å². The molecule has 0 aliphatic carbocycles. The Labute approximate surface area is 193 Å². The first kappa shape index (κ1) is 22.9. The maximum atomic E-state index is 12.6. The van der Waals surface area contributed by atoms with E-state index in [9.17, 15) is 14.9 Å². The van der Waals surface area contributed by atoms with E-state index in [0.717, 1.165) is 55.9 Å². The second-order valence-corrected chi connectivity index (χ2v) is 8.69. The van der Waals surface area contributed by atoms with Crippen LogP contribution in [0.15, 0.2) is 42.5 Å². The number of nitrogens with one attached hydrogen (secondary N) is 1. The predicted molar refractivity (Wildman–Crippen MR) is 129 cm³/mol. The van der Waals surface area contributed by atoms with Gasteiger partial charge in [0, 0.05) is 29.9 Å². The molecule has 0 unspecified atom stereocenters. The number of anilines is 1. The van der Waals surface area contributed by atoms with Crippen LogP contribution in [0.3, 0.4) is 0 Å². The number of rotatable bonds is 8. The first-order valence-corrected chi connectivity index (χ1v) is 11.8. The third-order valence-corrected chi connectivity index (χ3v) is 6.22. The molecule has 3 aromatic rings. The minimum atomic E-state index is -0.478. The van der Waals surface area contributed by atoms with Crippen LogP contribution in [0.2, 0.25) is 0 Å². The van der Waals surface area contributed by atoms with Crippen LogP contribution in [-0.4, -0.2) is 38.4 Å².